The van der Waals surface area contributed by atoms with Crippen molar-refractivity contribution in [3.63, 3.8) is 0 Å². The van der Waals surface area contributed by atoms with Gasteiger partial charge in [0.05, 0.1) is 5.75 Å². The molecule has 142 valence electrons. The number of benzene rings is 2. The number of hydrogen-bond acceptors (Lipinski definition) is 4. The molecule has 1 fully saturated rings. The van der Waals surface area contributed by atoms with Gasteiger partial charge in [-0.2, -0.15) is 0 Å². The largest absolute Gasteiger partial charge is 0.348 e. The minimum Gasteiger partial charge on any atom is -0.348 e. The Morgan fingerprint density at radius 2 is 1.56 bits per heavy atom. The number of anilines is 1. The van der Waals surface area contributed by atoms with Gasteiger partial charge < -0.3 is 10.6 Å². The minimum atomic E-state index is -3.56. The lowest BCUT2D eigenvalue weighted by Gasteiger charge is -2.08. The molecular formula is C19H21N3O4S. The Labute approximate surface area is 158 Å². The molecule has 0 aliphatic heterocycles. The summed E-state index contributed by atoms with van der Waals surface area (Å²) in [6.45, 7) is 0.314. The molecular weight excluding hydrogens is 366 g/mol. The van der Waals surface area contributed by atoms with E-state index >= 15 is 0 Å². The highest BCUT2D eigenvalue weighted by Gasteiger charge is 2.29. The number of amides is 2. The zero-order chi connectivity index (χ0) is 19.4. The Morgan fingerprint density at radius 1 is 0.963 bits per heavy atom. The second kappa shape index (κ2) is 7.89. The van der Waals surface area contributed by atoms with Gasteiger partial charge >= 0.3 is 0 Å². The number of primary sulfonamides is 1. The maximum Gasteiger partial charge on any atom is 0.251 e. The van der Waals surface area contributed by atoms with Gasteiger partial charge in [0.25, 0.3) is 5.91 Å². The van der Waals surface area contributed by atoms with E-state index in [1.54, 1.807) is 48.5 Å². The van der Waals surface area contributed by atoms with Gasteiger partial charge in [-0.05, 0) is 48.2 Å². The first-order valence-corrected chi connectivity index (χ1v) is 10.3. The maximum absolute atomic E-state index is 12.2. The van der Waals surface area contributed by atoms with Gasteiger partial charge in [0.2, 0.25) is 15.9 Å². The molecule has 0 radical (unpaired) electrons. The highest BCUT2D eigenvalue weighted by Crippen LogP contribution is 2.30. The number of nitrogens with one attached hydrogen (secondary N) is 2. The van der Waals surface area contributed by atoms with Crippen molar-refractivity contribution >= 4 is 27.5 Å². The molecule has 3 rings (SSSR count). The summed E-state index contributed by atoms with van der Waals surface area (Å²) in [6, 6.07) is 13.6. The van der Waals surface area contributed by atoms with Crippen molar-refractivity contribution in [3.05, 3.63) is 65.2 Å². The van der Waals surface area contributed by atoms with Crippen LogP contribution in [0.5, 0.6) is 0 Å². The zero-order valence-corrected chi connectivity index (χ0v) is 15.5. The van der Waals surface area contributed by atoms with Crippen molar-refractivity contribution in [2.24, 2.45) is 11.1 Å². The lowest BCUT2D eigenvalue weighted by atomic mass is 10.1. The molecule has 2 aromatic carbocycles. The van der Waals surface area contributed by atoms with E-state index in [1.165, 1.54) is 0 Å². The summed E-state index contributed by atoms with van der Waals surface area (Å²) >= 11 is 0. The van der Waals surface area contributed by atoms with Crippen LogP contribution in [0.25, 0.3) is 0 Å². The van der Waals surface area contributed by atoms with Crippen molar-refractivity contribution < 1.29 is 18.0 Å². The highest BCUT2D eigenvalue weighted by atomic mass is 32.2. The molecule has 0 spiro atoms. The Kier molecular flexibility index (Phi) is 5.57. The third-order valence-corrected chi connectivity index (χ3v) is 4.94. The Morgan fingerprint density at radius 3 is 2.11 bits per heavy atom. The summed E-state index contributed by atoms with van der Waals surface area (Å²) in [6.07, 6.45) is 1.88. The van der Waals surface area contributed by atoms with Crippen LogP contribution >= 0.6 is 0 Å². The first kappa shape index (κ1) is 19.1. The minimum absolute atomic E-state index is 0.0260. The fourth-order valence-electron chi connectivity index (χ4n) is 2.56. The molecule has 0 atom stereocenters. The van der Waals surface area contributed by atoms with Crippen LogP contribution in [-0.4, -0.2) is 20.2 Å². The van der Waals surface area contributed by atoms with Crippen LogP contribution in [-0.2, 0) is 27.1 Å². The van der Waals surface area contributed by atoms with Crippen molar-refractivity contribution in [1.82, 2.24) is 5.32 Å². The van der Waals surface area contributed by atoms with Crippen LogP contribution < -0.4 is 15.8 Å². The third-order valence-electron chi connectivity index (χ3n) is 4.21. The van der Waals surface area contributed by atoms with E-state index in [4.69, 9.17) is 5.14 Å². The fraction of sp³-hybridized carbons (Fsp3) is 0.263. The monoisotopic (exact) mass is 387 g/mol. The van der Waals surface area contributed by atoms with Gasteiger partial charge in [-0.25, -0.2) is 13.6 Å². The van der Waals surface area contributed by atoms with Crippen LogP contribution in [0, 0.1) is 5.92 Å². The SMILES string of the molecule is NS(=O)(=O)Cc1ccc(CNC(=O)c2ccc(NC(=O)C3CC3)cc2)cc1. The summed E-state index contributed by atoms with van der Waals surface area (Å²) < 4.78 is 22.1. The second-order valence-corrected chi connectivity index (χ2v) is 8.26. The van der Waals surface area contributed by atoms with E-state index in [1.807, 2.05) is 0 Å². The van der Waals surface area contributed by atoms with Crippen LogP contribution in [0.2, 0.25) is 0 Å². The number of nitrogens with two attached hydrogens (primary N) is 1. The molecule has 1 aliphatic carbocycles. The second-order valence-electron chi connectivity index (χ2n) is 6.65. The Balaban J connectivity index is 1.52. The van der Waals surface area contributed by atoms with Gasteiger partial charge in [-0.15, -0.1) is 0 Å². The first-order chi connectivity index (χ1) is 12.8. The molecule has 8 heteroatoms. The number of hydrogen-bond donors (Lipinski definition) is 3. The van der Waals surface area contributed by atoms with Crippen LogP contribution in [0.4, 0.5) is 5.69 Å². The predicted molar refractivity (Wildman–Crippen MR) is 102 cm³/mol. The van der Waals surface area contributed by atoms with Crippen molar-refractivity contribution in [1.29, 1.82) is 0 Å². The smallest absolute Gasteiger partial charge is 0.251 e. The van der Waals surface area contributed by atoms with E-state index in [0.29, 0.717) is 23.4 Å². The summed E-state index contributed by atoms with van der Waals surface area (Å²) in [5, 5.41) is 10.6. The molecule has 4 N–H and O–H groups in total. The molecule has 2 aromatic rings. The number of carbonyl (C=O) groups is 2. The molecule has 1 aliphatic rings. The van der Waals surface area contributed by atoms with Gasteiger partial charge in [0.15, 0.2) is 0 Å². The molecule has 2 amide bonds. The molecule has 0 unspecified atom stereocenters. The molecule has 0 bridgehead atoms. The van der Waals surface area contributed by atoms with Crippen LogP contribution in [0.3, 0.4) is 0 Å². The van der Waals surface area contributed by atoms with Crippen molar-refractivity contribution in [2.75, 3.05) is 5.32 Å². The van der Waals surface area contributed by atoms with Gasteiger partial charge in [-0.1, -0.05) is 24.3 Å². The summed E-state index contributed by atoms with van der Waals surface area (Å²) in [4.78, 5) is 24.0. The molecule has 1 saturated carbocycles. The Hall–Kier alpha value is -2.71. The Bertz CT molecular complexity index is 934. The lowest BCUT2D eigenvalue weighted by molar-refractivity contribution is -0.117. The normalized spacial score (nSPS) is 13.8. The van der Waals surface area contributed by atoms with E-state index in [2.05, 4.69) is 10.6 Å². The van der Waals surface area contributed by atoms with E-state index in [9.17, 15) is 18.0 Å². The van der Waals surface area contributed by atoms with Crippen LogP contribution in [0.15, 0.2) is 48.5 Å². The number of rotatable bonds is 7. The van der Waals surface area contributed by atoms with Gasteiger partial charge in [-0.3, -0.25) is 9.59 Å². The first-order valence-electron chi connectivity index (χ1n) is 8.57. The third kappa shape index (κ3) is 5.90. The summed E-state index contributed by atoms with van der Waals surface area (Å²) in [7, 11) is -3.56. The van der Waals surface area contributed by atoms with E-state index in [-0.39, 0.29) is 23.5 Å². The summed E-state index contributed by atoms with van der Waals surface area (Å²) in [5.74, 6) is -0.297. The number of carbonyl (C=O) groups excluding carboxylic acids is 2. The molecule has 27 heavy (non-hydrogen) atoms. The quantitative estimate of drug-likeness (QED) is 0.671. The van der Waals surface area contributed by atoms with Crippen molar-refractivity contribution in [3.8, 4) is 0 Å². The molecule has 0 saturated heterocycles. The predicted octanol–water partition coefficient (Wildman–Crippen LogP) is 1.75. The topological polar surface area (TPSA) is 118 Å². The zero-order valence-electron chi connectivity index (χ0n) is 14.6. The van der Waals surface area contributed by atoms with Crippen LogP contribution in [0.1, 0.15) is 34.3 Å². The average molecular weight is 387 g/mol. The molecule has 0 heterocycles. The van der Waals surface area contributed by atoms with Gasteiger partial charge in [0, 0.05) is 23.7 Å². The van der Waals surface area contributed by atoms with E-state index in [0.717, 1.165) is 18.4 Å². The summed E-state index contributed by atoms with van der Waals surface area (Å²) in [5.41, 5.74) is 2.60. The number of sulfonamides is 1. The molecule has 7 nitrogen and oxygen atoms in total. The fourth-order valence-corrected chi connectivity index (χ4v) is 3.22. The standard InChI is InChI=1S/C19H21N3O4S/c20-27(25,26)12-14-3-1-13(2-4-14)11-21-18(23)15-7-9-17(10-8-15)22-19(24)16-5-6-16/h1-4,7-10,16H,5-6,11-12H2,(H,21,23)(H,22,24)(H2,20,25,26). The average Bonchev–Trinajstić information content (AvgIpc) is 3.45. The lowest BCUT2D eigenvalue weighted by Crippen LogP contribution is -2.22. The maximum atomic E-state index is 12.2. The molecule has 0 aromatic heterocycles. The van der Waals surface area contributed by atoms with E-state index < -0.39 is 10.0 Å². The van der Waals surface area contributed by atoms with Crippen molar-refractivity contribution in [2.45, 2.75) is 25.1 Å². The van der Waals surface area contributed by atoms with Gasteiger partial charge in [0.1, 0.15) is 0 Å². The highest BCUT2D eigenvalue weighted by molar-refractivity contribution is 7.88.